The number of carbonyl (C=O) groups is 1. The van der Waals surface area contributed by atoms with E-state index in [0.717, 1.165) is 6.54 Å². The number of aliphatic carboxylic acids is 1. The van der Waals surface area contributed by atoms with Gasteiger partial charge in [0.05, 0.1) is 6.54 Å². The first-order valence-corrected chi connectivity index (χ1v) is 7.35. The predicted octanol–water partition coefficient (Wildman–Crippen LogP) is 3.15. The number of hydrogen-bond donors (Lipinski definition) is 1. The van der Waals surface area contributed by atoms with Gasteiger partial charge in [0, 0.05) is 16.2 Å². The molecule has 1 N–H and O–H groups in total. The van der Waals surface area contributed by atoms with E-state index in [1.165, 1.54) is 22.0 Å². The Balaban J connectivity index is 2.07. The molecule has 3 nitrogen and oxygen atoms in total. The molecule has 1 aliphatic carbocycles. The number of benzene rings is 1. The Morgan fingerprint density at radius 1 is 1.44 bits per heavy atom. The van der Waals surface area contributed by atoms with E-state index in [1.807, 2.05) is 0 Å². The van der Waals surface area contributed by atoms with Crippen molar-refractivity contribution in [1.29, 1.82) is 0 Å². The number of halogens is 1. The summed E-state index contributed by atoms with van der Waals surface area (Å²) in [6, 6.07) is 8.49. The average Bonchev–Trinajstić information content (AvgIpc) is 3.12. The van der Waals surface area contributed by atoms with Crippen molar-refractivity contribution in [1.82, 2.24) is 4.90 Å². The van der Waals surface area contributed by atoms with Crippen molar-refractivity contribution in [3.63, 3.8) is 0 Å². The van der Waals surface area contributed by atoms with Gasteiger partial charge in [0.1, 0.15) is 0 Å². The van der Waals surface area contributed by atoms with Gasteiger partial charge in [-0.1, -0.05) is 12.1 Å². The second-order valence-electron chi connectivity index (χ2n) is 4.99. The van der Waals surface area contributed by atoms with Gasteiger partial charge in [0.2, 0.25) is 0 Å². The smallest absolute Gasteiger partial charge is 0.317 e. The summed E-state index contributed by atoms with van der Waals surface area (Å²) in [6.07, 6.45) is 2.49. The minimum absolute atomic E-state index is 0.129. The molecule has 1 aliphatic rings. The molecular weight excluding hydrogens is 341 g/mol. The van der Waals surface area contributed by atoms with E-state index >= 15 is 0 Å². The molecule has 0 heterocycles. The monoisotopic (exact) mass is 359 g/mol. The summed E-state index contributed by atoms with van der Waals surface area (Å²) in [6.45, 7) is 3.12. The zero-order chi connectivity index (χ0) is 13.1. The molecule has 0 spiro atoms. The minimum Gasteiger partial charge on any atom is -0.480 e. The minimum atomic E-state index is -0.743. The Hall–Kier alpha value is -0.620. The van der Waals surface area contributed by atoms with Crippen LogP contribution in [0.3, 0.4) is 0 Å². The summed E-state index contributed by atoms with van der Waals surface area (Å²) in [5.74, 6) is -0.0383. The maximum Gasteiger partial charge on any atom is 0.317 e. The molecule has 1 aromatic carbocycles. The van der Waals surface area contributed by atoms with Crippen molar-refractivity contribution in [2.75, 3.05) is 13.1 Å². The molecule has 0 aliphatic heterocycles. The van der Waals surface area contributed by atoms with Gasteiger partial charge < -0.3 is 5.11 Å². The second kappa shape index (κ2) is 6.02. The van der Waals surface area contributed by atoms with Crippen LogP contribution in [0, 0.1) is 9.49 Å². The molecule has 0 saturated heterocycles. The van der Waals surface area contributed by atoms with Gasteiger partial charge >= 0.3 is 5.97 Å². The molecule has 0 aromatic heterocycles. The van der Waals surface area contributed by atoms with E-state index in [0.29, 0.717) is 5.92 Å². The maximum atomic E-state index is 11.0. The van der Waals surface area contributed by atoms with Gasteiger partial charge in [-0.15, -0.1) is 0 Å². The molecule has 1 aromatic rings. The Morgan fingerprint density at radius 3 is 2.56 bits per heavy atom. The highest BCUT2D eigenvalue weighted by molar-refractivity contribution is 14.1. The lowest BCUT2D eigenvalue weighted by Gasteiger charge is -2.28. The molecular formula is C14H18INO2. The van der Waals surface area contributed by atoms with Gasteiger partial charge in [0.25, 0.3) is 0 Å². The SMILES string of the molecule is CC(c1ccc(I)cc1)N(CC(=O)O)CC1CC1. The van der Waals surface area contributed by atoms with Crippen LogP contribution in [-0.2, 0) is 4.79 Å². The third kappa shape index (κ3) is 3.95. The Kier molecular flexibility index (Phi) is 4.61. The zero-order valence-electron chi connectivity index (χ0n) is 10.5. The number of rotatable bonds is 6. The molecule has 1 saturated carbocycles. The first-order valence-electron chi connectivity index (χ1n) is 6.27. The number of nitrogens with zero attached hydrogens (tertiary/aromatic N) is 1. The highest BCUT2D eigenvalue weighted by Crippen LogP contribution is 2.32. The van der Waals surface area contributed by atoms with E-state index in [4.69, 9.17) is 5.11 Å². The van der Waals surface area contributed by atoms with Crippen LogP contribution >= 0.6 is 22.6 Å². The summed E-state index contributed by atoms with van der Waals surface area (Å²) in [4.78, 5) is 13.0. The zero-order valence-corrected chi connectivity index (χ0v) is 12.6. The van der Waals surface area contributed by atoms with Crippen molar-refractivity contribution < 1.29 is 9.90 Å². The second-order valence-corrected chi connectivity index (χ2v) is 6.24. The molecule has 98 valence electrons. The van der Waals surface area contributed by atoms with Crippen LogP contribution in [-0.4, -0.2) is 29.1 Å². The van der Waals surface area contributed by atoms with Gasteiger partial charge in [-0.3, -0.25) is 9.69 Å². The van der Waals surface area contributed by atoms with E-state index in [-0.39, 0.29) is 12.6 Å². The largest absolute Gasteiger partial charge is 0.480 e. The lowest BCUT2D eigenvalue weighted by Crippen LogP contribution is -2.34. The number of hydrogen-bond acceptors (Lipinski definition) is 2. The lowest BCUT2D eigenvalue weighted by molar-refractivity contribution is -0.139. The topological polar surface area (TPSA) is 40.5 Å². The molecule has 4 heteroatoms. The van der Waals surface area contributed by atoms with Crippen molar-refractivity contribution in [3.8, 4) is 0 Å². The summed E-state index contributed by atoms with van der Waals surface area (Å²) in [5, 5.41) is 9.01. The molecule has 0 radical (unpaired) electrons. The van der Waals surface area contributed by atoms with Crippen LogP contribution in [0.25, 0.3) is 0 Å². The summed E-state index contributed by atoms with van der Waals surface area (Å²) < 4.78 is 1.20. The van der Waals surface area contributed by atoms with Crippen molar-refractivity contribution in [3.05, 3.63) is 33.4 Å². The highest BCUT2D eigenvalue weighted by Gasteiger charge is 2.28. The third-order valence-corrected chi connectivity index (χ3v) is 4.15. The van der Waals surface area contributed by atoms with Crippen molar-refractivity contribution in [2.45, 2.75) is 25.8 Å². The maximum absolute atomic E-state index is 11.0. The van der Waals surface area contributed by atoms with Crippen LogP contribution in [0.1, 0.15) is 31.4 Å². The summed E-state index contributed by atoms with van der Waals surface area (Å²) in [7, 11) is 0. The van der Waals surface area contributed by atoms with E-state index in [9.17, 15) is 4.79 Å². The van der Waals surface area contributed by atoms with Crippen LogP contribution < -0.4 is 0 Å². The molecule has 1 atom stereocenters. The fourth-order valence-electron chi connectivity index (χ4n) is 2.12. The van der Waals surface area contributed by atoms with Gasteiger partial charge in [0.15, 0.2) is 0 Å². The first-order chi connectivity index (χ1) is 8.56. The highest BCUT2D eigenvalue weighted by atomic mass is 127. The van der Waals surface area contributed by atoms with Crippen molar-refractivity contribution >= 4 is 28.6 Å². The molecule has 2 rings (SSSR count). The van der Waals surface area contributed by atoms with Crippen molar-refractivity contribution in [2.24, 2.45) is 5.92 Å². The summed E-state index contributed by atoms with van der Waals surface area (Å²) >= 11 is 2.28. The fourth-order valence-corrected chi connectivity index (χ4v) is 2.48. The molecule has 0 amide bonds. The number of carboxylic acid groups (broad SMARTS) is 1. The van der Waals surface area contributed by atoms with Gasteiger partial charge in [-0.05, 0) is 66.0 Å². The van der Waals surface area contributed by atoms with Gasteiger partial charge in [-0.25, -0.2) is 0 Å². The molecule has 1 fully saturated rings. The third-order valence-electron chi connectivity index (χ3n) is 3.43. The van der Waals surface area contributed by atoms with Crippen LogP contribution in [0.15, 0.2) is 24.3 Å². The first kappa shape index (κ1) is 13.8. The standard InChI is InChI=1S/C14H18INO2/c1-10(12-4-6-13(15)7-5-12)16(9-14(17)18)8-11-2-3-11/h4-7,10-11H,2-3,8-9H2,1H3,(H,17,18). The summed E-state index contributed by atoms with van der Waals surface area (Å²) in [5.41, 5.74) is 1.19. The van der Waals surface area contributed by atoms with E-state index < -0.39 is 5.97 Å². The molecule has 18 heavy (non-hydrogen) atoms. The average molecular weight is 359 g/mol. The Bertz CT molecular complexity index is 414. The van der Waals surface area contributed by atoms with Gasteiger partial charge in [-0.2, -0.15) is 0 Å². The predicted molar refractivity (Wildman–Crippen MR) is 79.5 cm³/mol. The Labute approximate surface area is 121 Å². The van der Waals surface area contributed by atoms with Crippen LogP contribution in [0.4, 0.5) is 0 Å². The fraction of sp³-hybridized carbons (Fsp3) is 0.500. The molecule has 0 bridgehead atoms. The lowest BCUT2D eigenvalue weighted by atomic mass is 10.1. The normalized spacial score (nSPS) is 16.8. The Morgan fingerprint density at radius 2 is 2.06 bits per heavy atom. The number of carboxylic acids is 1. The van der Waals surface area contributed by atoms with E-state index in [2.05, 4.69) is 58.7 Å². The van der Waals surface area contributed by atoms with E-state index in [1.54, 1.807) is 0 Å². The quantitative estimate of drug-likeness (QED) is 0.794. The van der Waals surface area contributed by atoms with Crippen LogP contribution in [0.5, 0.6) is 0 Å². The molecule has 1 unspecified atom stereocenters. The van der Waals surface area contributed by atoms with Crippen LogP contribution in [0.2, 0.25) is 0 Å².